The van der Waals surface area contributed by atoms with Gasteiger partial charge in [0.2, 0.25) is 0 Å². The van der Waals surface area contributed by atoms with E-state index in [-0.39, 0.29) is 5.91 Å². The highest BCUT2D eigenvalue weighted by Crippen LogP contribution is 2.35. The average molecular weight is 426 g/mol. The maximum atomic E-state index is 14.0. The molecule has 0 unspecified atom stereocenters. The number of halogens is 1. The van der Waals surface area contributed by atoms with Crippen LogP contribution >= 0.6 is 24.0 Å². The largest absolute Gasteiger partial charge is 0.505 e. The molecule has 8 heteroatoms. The van der Waals surface area contributed by atoms with Crippen molar-refractivity contribution in [3.63, 3.8) is 0 Å². The number of thiocarbonyl (C=S) groups is 1. The van der Waals surface area contributed by atoms with Crippen LogP contribution in [0.2, 0.25) is 0 Å². The molecule has 2 heterocycles. The Hall–Kier alpha value is -2.97. The molecule has 1 fully saturated rings. The molecule has 0 radical (unpaired) electrons. The summed E-state index contributed by atoms with van der Waals surface area (Å²) in [6.45, 7) is 2.37. The van der Waals surface area contributed by atoms with Crippen LogP contribution in [-0.2, 0) is 4.79 Å². The number of likely N-dealkylation sites (N-methyl/N-ethyl adjacent to an activating group) is 1. The number of carbonyl (C=O) groups excluding carboxylic acids is 1. The summed E-state index contributed by atoms with van der Waals surface area (Å²) in [6.07, 6.45) is 3.51. The van der Waals surface area contributed by atoms with Gasteiger partial charge in [-0.3, -0.25) is 9.69 Å². The Morgan fingerprint density at radius 3 is 2.66 bits per heavy atom. The van der Waals surface area contributed by atoms with Gasteiger partial charge in [0.05, 0.1) is 10.6 Å². The third-order valence-corrected chi connectivity index (χ3v) is 5.84. The molecule has 0 atom stereocenters. The molecule has 0 saturated carbocycles. The molecule has 5 nitrogen and oxygen atoms in total. The first-order valence-electron chi connectivity index (χ1n) is 8.87. The first-order chi connectivity index (χ1) is 14.0. The van der Waals surface area contributed by atoms with Crippen LogP contribution in [0, 0.1) is 5.82 Å². The maximum absolute atomic E-state index is 14.0. The number of benzene rings is 2. The third-order valence-electron chi connectivity index (χ3n) is 4.46. The van der Waals surface area contributed by atoms with Gasteiger partial charge in [-0.1, -0.05) is 42.2 Å². The molecule has 1 saturated heterocycles. The maximum Gasteiger partial charge on any atom is 0.266 e. The molecule has 0 aliphatic carbocycles. The molecule has 3 aromatic rings. The van der Waals surface area contributed by atoms with Crippen molar-refractivity contribution >= 4 is 40.3 Å². The Balaban J connectivity index is 1.85. The van der Waals surface area contributed by atoms with E-state index in [0.717, 1.165) is 5.69 Å². The van der Waals surface area contributed by atoms with Crippen molar-refractivity contribution in [2.75, 3.05) is 6.54 Å². The van der Waals surface area contributed by atoms with E-state index in [4.69, 9.17) is 12.2 Å². The van der Waals surface area contributed by atoms with Crippen molar-refractivity contribution in [2.45, 2.75) is 6.92 Å². The summed E-state index contributed by atoms with van der Waals surface area (Å²) in [6, 6.07) is 13.6. The van der Waals surface area contributed by atoms with Crippen molar-refractivity contribution in [1.82, 2.24) is 14.7 Å². The van der Waals surface area contributed by atoms with Crippen LogP contribution in [-0.4, -0.2) is 36.6 Å². The number of aromatic nitrogens is 2. The number of thioether (sulfide) groups is 1. The zero-order valence-corrected chi connectivity index (χ0v) is 17.0. The number of nitrogens with zero attached hydrogens (tertiary/aromatic N) is 3. The van der Waals surface area contributed by atoms with Gasteiger partial charge >= 0.3 is 0 Å². The lowest BCUT2D eigenvalue weighted by Crippen LogP contribution is -2.27. The average Bonchev–Trinajstić information content (AvgIpc) is 3.25. The number of hydrogen-bond acceptors (Lipinski definition) is 5. The molecule has 0 spiro atoms. The number of carbonyl (C=O) groups is 1. The highest BCUT2D eigenvalue weighted by Gasteiger charge is 2.31. The standard InChI is InChI=1S/C21H16FN3O2S2/c1-2-24-20(27)18(29-21(24)28)11-14-12-25(15-6-4-3-5-7-15)23-19(14)13-8-9-17(26)16(22)10-13/h3-12,26H,2H2,1H3/b18-11-. The van der Waals surface area contributed by atoms with Crippen molar-refractivity contribution in [1.29, 1.82) is 0 Å². The van der Waals surface area contributed by atoms with E-state index in [2.05, 4.69) is 5.10 Å². The van der Waals surface area contributed by atoms with Crippen LogP contribution < -0.4 is 0 Å². The SMILES string of the molecule is CCN1C(=O)/C(=C/c2cn(-c3ccccc3)nc2-c2ccc(O)c(F)c2)SC1=S. The monoisotopic (exact) mass is 425 g/mol. The van der Waals surface area contributed by atoms with E-state index in [1.807, 2.05) is 37.3 Å². The number of rotatable bonds is 4. The van der Waals surface area contributed by atoms with Gasteiger partial charge in [-0.25, -0.2) is 9.07 Å². The molecule has 29 heavy (non-hydrogen) atoms. The van der Waals surface area contributed by atoms with Crippen LogP contribution in [0.1, 0.15) is 12.5 Å². The number of phenolic OH excluding ortho intramolecular Hbond substituents is 1. The summed E-state index contributed by atoms with van der Waals surface area (Å²) in [5, 5.41) is 14.1. The fourth-order valence-corrected chi connectivity index (χ4v) is 4.37. The second-order valence-electron chi connectivity index (χ2n) is 6.31. The zero-order valence-electron chi connectivity index (χ0n) is 15.4. The molecule has 2 aromatic carbocycles. The summed E-state index contributed by atoms with van der Waals surface area (Å²) in [7, 11) is 0. The van der Waals surface area contributed by atoms with E-state index < -0.39 is 11.6 Å². The topological polar surface area (TPSA) is 58.4 Å². The Morgan fingerprint density at radius 1 is 1.24 bits per heavy atom. The molecule has 146 valence electrons. The molecule has 0 bridgehead atoms. The first-order valence-corrected chi connectivity index (χ1v) is 10.1. The normalized spacial score (nSPS) is 15.5. The molecular weight excluding hydrogens is 409 g/mol. The minimum absolute atomic E-state index is 0.155. The highest BCUT2D eigenvalue weighted by atomic mass is 32.2. The van der Waals surface area contributed by atoms with Crippen LogP contribution in [0.4, 0.5) is 4.39 Å². The van der Waals surface area contributed by atoms with Crippen LogP contribution in [0.15, 0.2) is 59.6 Å². The lowest BCUT2D eigenvalue weighted by atomic mass is 10.1. The second kappa shape index (κ2) is 7.81. The molecule has 4 rings (SSSR count). The quantitative estimate of drug-likeness (QED) is 0.489. The number of hydrogen-bond donors (Lipinski definition) is 1. The van der Waals surface area contributed by atoms with Gasteiger partial charge in [0.1, 0.15) is 10.0 Å². The fourth-order valence-electron chi connectivity index (χ4n) is 3.00. The number of aromatic hydroxyl groups is 1. The number of amides is 1. The van der Waals surface area contributed by atoms with Gasteiger partial charge in [-0.2, -0.15) is 5.10 Å². The number of phenols is 1. The molecule has 1 amide bonds. The van der Waals surface area contributed by atoms with E-state index in [1.165, 1.54) is 28.8 Å². The van der Waals surface area contributed by atoms with Crippen molar-refractivity contribution in [3.05, 3.63) is 71.0 Å². The van der Waals surface area contributed by atoms with Crippen LogP contribution in [0.3, 0.4) is 0 Å². The summed E-state index contributed by atoms with van der Waals surface area (Å²) in [5.74, 6) is -1.32. The molecule has 1 aliphatic heterocycles. The van der Waals surface area contributed by atoms with E-state index in [1.54, 1.807) is 23.0 Å². The summed E-state index contributed by atoms with van der Waals surface area (Å²) in [4.78, 5) is 14.6. The van der Waals surface area contributed by atoms with Crippen LogP contribution in [0.25, 0.3) is 23.0 Å². The zero-order chi connectivity index (χ0) is 20.5. The molecule has 1 aromatic heterocycles. The van der Waals surface area contributed by atoms with Crippen LogP contribution in [0.5, 0.6) is 5.75 Å². The Morgan fingerprint density at radius 2 is 2.00 bits per heavy atom. The second-order valence-corrected chi connectivity index (χ2v) is 7.98. The van der Waals surface area contributed by atoms with Crippen molar-refractivity contribution < 1.29 is 14.3 Å². The highest BCUT2D eigenvalue weighted by molar-refractivity contribution is 8.26. The predicted molar refractivity (Wildman–Crippen MR) is 116 cm³/mol. The summed E-state index contributed by atoms with van der Waals surface area (Å²) in [5.41, 5.74) is 2.46. The van der Waals surface area contributed by atoms with Gasteiger partial charge in [0.25, 0.3) is 5.91 Å². The summed E-state index contributed by atoms with van der Waals surface area (Å²) < 4.78 is 16.1. The first kappa shape index (κ1) is 19.4. The van der Waals surface area contributed by atoms with Crippen molar-refractivity contribution in [3.8, 4) is 22.7 Å². The Kier molecular flexibility index (Phi) is 5.21. The Labute approximate surface area is 176 Å². The third kappa shape index (κ3) is 3.68. The fraction of sp³-hybridized carbons (Fsp3) is 0.0952. The lowest BCUT2D eigenvalue weighted by molar-refractivity contribution is -0.121. The van der Waals surface area contributed by atoms with Gasteiger partial charge in [-0.05, 0) is 43.3 Å². The number of para-hydroxylation sites is 1. The van der Waals surface area contributed by atoms with Gasteiger partial charge in [0.15, 0.2) is 11.6 Å². The van der Waals surface area contributed by atoms with E-state index in [0.29, 0.717) is 32.6 Å². The smallest absolute Gasteiger partial charge is 0.266 e. The molecule has 1 aliphatic rings. The van der Waals surface area contributed by atoms with E-state index >= 15 is 0 Å². The Bertz CT molecular complexity index is 1140. The summed E-state index contributed by atoms with van der Waals surface area (Å²) >= 11 is 6.51. The minimum atomic E-state index is -0.736. The molecule has 1 N–H and O–H groups in total. The van der Waals surface area contributed by atoms with Gasteiger partial charge in [-0.15, -0.1) is 0 Å². The predicted octanol–water partition coefficient (Wildman–Crippen LogP) is 4.61. The van der Waals surface area contributed by atoms with Gasteiger partial charge < -0.3 is 5.11 Å². The van der Waals surface area contributed by atoms with Crippen molar-refractivity contribution in [2.24, 2.45) is 0 Å². The van der Waals surface area contributed by atoms with E-state index in [9.17, 15) is 14.3 Å². The lowest BCUT2D eigenvalue weighted by Gasteiger charge is -2.09. The molecular formula is C21H16FN3O2S2. The minimum Gasteiger partial charge on any atom is -0.505 e. The van der Waals surface area contributed by atoms with Gasteiger partial charge in [0, 0.05) is 23.9 Å².